The number of anilines is 1. The molecular formula is C18H20N2O2. The summed E-state index contributed by atoms with van der Waals surface area (Å²) in [5.41, 5.74) is 1.99. The summed E-state index contributed by atoms with van der Waals surface area (Å²) in [4.78, 5) is 13.9. The summed E-state index contributed by atoms with van der Waals surface area (Å²) >= 11 is 0. The fraction of sp³-hybridized carbons (Fsp3) is 0.278. The number of ether oxygens (including phenoxy) is 1. The first kappa shape index (κ1) is 14.4. The molecule has 0 spiro atoms. The summed E-state index contributed by atoms with van der Waals surface area (Å²) in [7, 11) is 0. The van der Waals surface area contributed by atoms with Crippen molar-refractivity contribution < 1.29 is 9.53 Å². The lowest BCUT2D eigenvalue weighted by Gasteiger charge is -2.16. The van der Waals surface area contributed by atoms with Gasteiger partial charge in [0.05, 0.1) is 0 Å². The van der Waals surface area contributed by atoms with Gasteiger partial charge in [-0.1, -0.05) is 17.7 Å². The highest BCUT2D eigenvalue weighted by atomic mass is 16.5. The minimum absolute atomic E-state index is 0.0234. The maximum Gasteiger partial charge on any atom is 0.321 e. The van der Waals surface area contributed by atoms with Gasteiger partial charge >= 0.3 is 6.03 Å². The van der Waals surface area contributed by atoms with Crippen LogP contribution in [0, 0.1) is 6.92 Å². The molecule has 2 amide bonds. The Hall–Kier alpha value is -2.49. The number of amides is 2. The molecule has 2 aromatic rings. The van der Waals surface area contributed by atoms with Crippen molar-refractivity contribution in [1.29, 1.82) is 0 Å². The Bertz CT molecular complexity index is 629. The first-order valence-corrected chi connectivity index (χ1v) is 7.61. The van der Waals surface area contributed by atoms with E-state index in [1.807, 2.05) is 60.4 Å². The number of carbonyl (C=O) groups is 1. The van der Waals surface area contributed by atoms with Crippen molar-refractivity contribution >= 4 is 11.7 Å². The van der Waals surface area contributed by atoms with Crippen molar-refractivity contribution in [2.24, 2.45) is 0 Å². The smallest absolute Gasteiger partial charge is 0.321 e. The Morgan fingerprint density at radius 2 is 1.50 bits per heavy atom. The monoisotopic (exact) mass is 296 g/mol. The molecule has 4 nitrogen and oxygen atoms in total. The lowest BCUT2D eigenvalue weighted by atomic mass is 10.2. The zero-order valence-electron chi connectivity index (χ0n) is 12.7. The van der Waals surface area contributed by atoms with Crippen LogP contribution in [0.3, 0.4) is 0 Å². The molecule has 1 aliphatic rings. The molecule has 0 atom stereocenters. The van der Waals surface area contributed by atoms with Crippen LogP contribution in [0.15, 0.2) is 48.5 Å². The predicted octanol–water partition coefficient (Wildman–Crippen LogP) is 4.42. The molecule has 0 bridgehead atoms. The molecule has 0 saturated carbocycles. The number of hydrogen-bond donors (Lipinski definition) is 1. The Morgan fingerprint density at radius 1 is 0.955 bits per heavy atom. The summed E-state index contributed by atoms with van der Waals surface area (Å²) in [6, 6.07) is 15.3. The number of hydrogen-bond acceptors (Lipinski definition) is 2. The first-order chi connectivity index (χ1) is 10.7. The summed E-state index contributed by atoms with van der Waals surface area (Å²) in [6.07, 6.45) is 2.19. The minimum atomic E-state index is -0.0234. The van der Waals surface area contributed by atoms with Gasteiger partial charge in [-0.15, -0.1) is 0 Å². The van der Waals surface area contributed by atoms with Crippen LogP contribution in [-0.4, -0.2) is 24.0 Å². The van der Waals surface area contributed by atoms with E-state index in [1.54, 1.807) is 0 Å². The van der Waals surface area contributed by atoms with Crippen LogP contribution < -0.4 is 10.1 Å². The zero-order valence-corrected chi connectivity index (χ0v) is 12.7. The van der Waals surface area contributed by atoms with Crippen molar-refractivity contribution in [3.63, 3.8) is 0 Å². The maximum absolute atomic E-state index is 12.0. The molecule has 114 valence electrons. The van der Waals surface area contributed by atoms with Gasteiger partial charge in [0.1, 0.15) is 11.5 Å². The van der Waals surface area contributed by atoms with E-state index in [4.69, 9.17) is 4.74 Å². The van der Waals surface area contributed by atoms with Crippen molar-refractivity contribution in [2.45, 2.75) is 19.8 Å². The number of nitrogens with zero attached hydrogens (tertiary/aromatic N) is 1. The van der Waals surface area contributed by atoms with Gasteiger partial charge in [-0.05, 0) is 56.2 Å². The largest absolute Gasteiger partial charge is 0.457 e. The van der Waals surface area contributed by atoms with E-state index >= 15 is 0 Å². The van der Waals surface area contributed by atoms with E-state index in [0.717, 1.165) is 43.1 Å². The van der Waals surface area contributed by atoms with E-state index in [9.17, 15) is 4.79 Å². The second kappa shape index (κ2) is 6.52. The highest BCUT2D eigenvalue weighted by Gasteiger charge is 2.17. The van der Waals surface area contributed by atoms with Crippen molar-refractivity contribution in [3.05, 3.63) is 54.1 Å². The Balaban J connectivity index is 1.60. The van der Waals surface area contributed by atoms with Crippen LogP contribution in [0.4, 0.5) is 10.5 Å². The molecule has 0 unspecified atom stereocenters. The van der Waals surface area contributed by atoms with Gasteiger partial charge in [0, 0.05) is 18.8 Å². The molecule has 1 fully saturated rings. The Morgan fingerprint density at radius 3 is 2.09 bits per heavy atom. The van der Waals surface area contributed by atoms with Gasteiger partial charge in [-0.25, -0.2) is 4.79 Å². The van der Waals surface area contributed by atoms with Gasteiger partial charge in [0.25, 0.3) is 0 Å². The molecule has 1 saturated heterocycles. The Labute approximate surface area is 130 Å². The van der Waals surface area contributed by atoms with Crippen LogP contribution >= 0.6 is 0 Å². The quantitative estimate of drug-likeness (QED) is 0.911. The van der Waals surface area contributed by atoms with E-state index in [0.29, 0.717) is 0 Å². The van der Waals surface area contributed by atoms with Crippen molar-refractivity contribution in [2.75, 3.05) is 18.4 Å². The van der Waals surface area contributed by atoms with Crippen molar-refractivity contribution in [3.8, 4) is 11.5 Å². The first-order valence-electron chi connectivity index (χ1n) is 7.61. The summed E-state index contributed by atoms with van der Waals surface area (Å²) < 4.78 is 5.77. The molecule has 2 aromatic carbocycles. The molecule has 3 rings (SSSR count). The molecule has 22 heavy (non-hydrogen) atoms. The molecule has 1 heterocycles. The summed E-state index contributed by atoms with van der Waals surface area (Å²) in [5, 5.41) is 2.91. The number of nitrogens with one attached hydrogen (secondary N) is 1. The number of aryl methyl sites for hydroxylation is 1. The van der Waals surface area contributed by atoms with E-state index < -0.39 is 0 Å². The minimum Gasteiger partial charge on any atom is -0.457 e. The van der Waals surface area contributed by atoms with Crippen LogP contribution in [-0.2, 0) is 0 Å². The number of carbonyl (C=O) groups excluding carboxylic acids is 1. The average molecular weight is 296 g/mol. The van der Waals surface area contributed by atoms with Gasteiger partial charge in [0.2, 0.25) is 0 Å². The average Bonchev–Trinajstić information content (AvgIpc) is 3.06. The molecule has 0 aliphatic carbocycles. The second-order valence-electron chi connectivity index (χ2n) is 5.56. The van der Waals surface area contributed by atoms with E-state index in [-0.39, 0.29) is 6.03 Å². The number of urea groups is 1. The van der Waals surface area contributed by atoms with Gasteiger partial charge in [-0.2, -0.15) is 0 Å². The lowest BCUT2D eigenvalue weighted by Crippen LogP contribution is -2.32. The van der Waals surface area contributed by atoms with E-state index in [1.165, 1.54) is 5.56 Å². The van der Waals surface area contributed by atoms with Crippen LogP contribution in [0.2, 0.25) is 0 Å². The molecular weight excluding hydrogens is 276 g/mol. The van der Waals surface area contributed by atoms with Gasteiger partial charge in [0.15, 0.2) is 0 Å². The van der Waals surface area contributed by atoms with Crippen LogP contribution in [0.25, 0.3) is 0 Å². The Kier molecular flexibility index (Phi) is 4.28. The van der Waals surface area contributed by atoms with Gasteiger partial charge in [-0.3, -0.25) is 0 Å². The summed E-state index contributed by atoms with van der Waals surface area (Å²) in [6.45, 7) is 3.74. The topological polar surface area (TPSA) is 41.6 Å². The normalized spacial score (nSPS) is 14.0. The number of benzene rings is 2. The third kappa shape index (κ3) is 3.58. The predicted molar refractivity (Wildman–Crippen MR) is 87.5 cm³/mol. The fourth-order valence-corrected chi connectivity index (χ4v) is 2.47. The highest BCUT2D eigenvalue weighted by Crippen LogP contribution is 2.23. The summed E-state index contributed by atoms with van der Waals surface area (Å²) in [5.74, 6) is 1.56. The molecule has 0 aromatic heterocycles. The SMILES string of the molecule is Cc1ccc(Oc2ccc(NC(=O)N3CCCC3)cc2)cc1. The second-order valence-corrected chi connectivity index (χ2v) is 5.56. The standard InChI is InChI=1S/C18H20N2O2/c1-14-4-8-16(9-5-14)22-17-10-6-15(7-11-17)19-18(21)20-12-2-3-13-20/h4-11H,2-3,12-13H2,1H3,(H,19,21). The lowest BCUT2D eigenvalue weighted by molar-refractivity contribution is 0.222. The highest BCUT2D eigenvalue weighted by molar-refractivity contribution is 5.89. The third-order valence-electron chi connectivity index (χ3n) is 3.76. The molecule has 1 aliphatic heterocycles. The maximum atomic E-state index is 12.0. The van der Waals surface area contributed by atoms with Crippen LogP contribution in [0.5, 0.6) is 11.5 Å². The molecule has 4 heteroatoms. The van der Waals surface area contributed by atoms with Crippen LogP contribution in [0.1, 0.15) is 18.4 Å². The molecule has 1 N–H and O–H groups in total. The third-order valence-corrected chi connectivity index (χ3v) is 3.76. The van der Waals surface area contributed by atoms with Crippen molar-refractivity contribution in [1.82, 2.24) is 4.90 Å². The van der Waals surface area contributed by atoms with E-state index in [2.05, 4.69) is 5.32 Å². The number of likely N-dealkylation sites (tertiary alicyclic amines) is 1. The fourth-order valence-electron chi connectivity index (χ4n) is 2.47. The molecule has 0 radical (unpaired) electrons. The van der Waals surface area contributed by atoms with Gasteiger partial charge < -0.3 is 15.0 Å². The number of rotatable bonds is 3. The zero-order chi connectivity index (χ0) is 15.4.